The minimum atomic E-state index is -2.67. The lowest BCUT2D eigenvalue weighted by Gasteiger charge is -2.33. The van der Waals surface area contributed by atoms with Crippen molar-refractivity contribution in [3.8, 4) is 0 Å². The molecule has 0 unspecified atom stereocenters. The number of hydrogen-bond donors (Lipinski definition) is 0. The number of likely N-dealkylation sites (N-methyl/N-ethyl adjacent to an activating group) is 1. The highest BCUT2D eigenvalue weighted by molar-refractivity contribution is 7.89. The van der Waals surface area contributed by atoms with Crippen LogP contribution < -0.4 is 0 Å². The Hall–Kier alpha value is -3.82. The summed E-state index contributed by atoms with van der Waals surface area (Å²) in [5.41, 5.74) is 0.266. The quantitative estimate of drug-likeness (QED) is 0.204. The van der Waals surface area contributed by atoms with E-state index in [0.29, 0.717) is 12.3 Å². The third-order valence-electron chi connectivity index (χ3n) is 5.61. The molecule has 1 amide bonds. The van der Waals surface area contributed by atoms with Gasteiger partial charge in [0.2, 0.25) is 5.91 Å². The van der Waals surface area contributed by atoms with E-state index in [4.69, 9.17) is 0 Å². The number of carbonyl (C=O) groups excluding carboxylic acids is 1. The fourth-order valence-corrected chi connectivity index (χ4v) is 3.24. The number of methoxy groups -OCH3 is 2. The second kappa shape index (κ2) is 41.6. The molecule has 294 valence electrons. The Morgan fingerprint density at radius 1 is 0.519 bits per heavy atom. The smallest absolute Gasteiger partial charge is 0.222 e. The molecule has 5 rings (SSSR count). The van der Waals surface area contributed by atoms with Crippen molar-refractivity contribution >= 4 is 15.7 Å². The standard InChI is InChI=1S/C12H24N2O.4C6H6.C2H6O2S.2C2H6O.C2H6/c1-12(2,3)6-5-11(15)14-9-7-13(4)8-10-14;4*1-2-4-6-5-3-1;1-5(2,3)4;2*1-3-2;1-2/h5-10H2,1-4H3;4*1-6H;1-2H3;2*1-2H3;1-2H3. The Kier molecular flexibility index (Phi) is 44.0. The van der Waals surface area contributed by atoms with Gasteiger partial charge in [0.15, 0.2) is 0 Å². The average Bonchev–Trinajstić information content (AvgIpc) is 3.15. The number of ether oxygens (including phenoxy) is 2. The molecule has 0 atom stereocenters. The number of piperazine rings is 1. The predicted octanol–water partition coefficient (Wildman–Crippen LogP) is 9.55. The monoisotopic (exact) mass is 741 g/mol. The van der Waals surface area contributed by atoms with Crippen LogP contribution in [0.2, 0.25) is 0 Å². The van der Waals surface area contributed by atoms with E-state index < -0.39 is 9.84 Å². The van der Waals surface area contributed by atoms with E-state index >= 15 is 0 Å². The Bertz CT molecular complexity index is 1040. The summed E-state index contributed by atoms with van der Waals surface area (Å²) in [7, 11) is 5.94. The number of nitrogens with zero attached hydrogens (tertiary/aromatic N) is 2. The van der Waals surface area contributed by atoms with E-state index in [9.17, 15) is 13.2 Å². The van der Waals surface area contributed by atoms with Crippen LogP contribution in [0.25, 0.3) is 0 Å². The first-order chi connectivity index (χ1) is 24.7. The Labute approximate surface area is 319 Å². The fourth-order valence-electron chi connectivity index (χ4n) is 3.24. The van der Waals surface area contributed by atoms with Gasteiger partial charge in [-0.25, -0.2) is 8.42 Å². The summed E-state index contributed by atoms with van der Waals surface area (Å²) in [5.74, 6) is 0.332. The van der Waals surface area contributed by atoms with Crippen molar-refractivity contribution in [1.29, 1.82) is 0 Å². The van der Waals surface area contributed by atoms with Crippen LogP contribution in [0, 0.1) is 5.41 Å². The maximum atomic E-state index is 11.9. The fraction of sp³-hybridized carbons (Fsp3) is 0.432. The lowest BCUT2D eigenvalue weighted by Crippen LogP contribution is -2.47. The van der Waals surface area contributed by atoms with E-state index in [1.807, 2.05) is 164 Å². The molecule has 1 heterocycles. The lowest BCUT2D eigenvalue weighted by atomic mass is 9.90. The molecule has 0 aromatic heterocycles. The van der Waals surface area contributed by atoms with Crippen molar-refractivity contribution in [1.82, 2.24) is 9.80 Å². The number of hydrogen-bond acceptors (Lipinski definition) is 6. The number of rotatable bonds is 2. The van der Waals surface area contributed by atoms with Crippen molar-refractivity contribution < 1.29 is 22.7 Å². The van der Waals surface area contributed by atoms with Gasteiger partial charge in [-0.3, -0.25) is 4.79 Å². The summed E-state index contributed by atoms with van der Waals surface area (Å²) in [5, 5.41) is 0. The van der Waals surface area contributed by atoms with Crippen molar-refractivity contribution in [2.45, 2.75) is 47.5 Å². The Balaban J connectivity index is -0.000000267. The van der Waals surface area contributed by atoms with Crippen LogP contribution in [0.5, 0.6) is 0 Å². The summed E-state index contributed by atoms with van der Waals surface area (Å²) in [6.07, 6.45) is 4.01. The maximum Gasteiger partial charge on any atom is 0.222 e. The number of benzene rings is 4. The minimum absolute atomic E-state index is 0.266. The summed E-state index contributed by atoms with van der Waals surface area (Å²) in [4.78, 5) is 16.1. The molecule has 1 aliphatic heterocycles. The first-order valence-corrected chi connectivity index (χ1v) is 19.9. The van der Waals surface area contributed by atoms with Crippen molar-refractivity contribution in [2.24, 2.45) is 5.41 Å². The molecule has 1 saturated heterocycles. The predicted molar refractivity (Wildman–Crippen MR) is 227 cm³/mol. The van der Waals surface area contributed by atoms with Gasteiger partial charge < -0.3 is 19.3 Å². The van der Waals surface area contributed by atoms with E-state index in [-0.39, 0.29) is 5.41 Å². The molecule has 0 N–H and O–H groups in total. The van der Waals surface area contributed by atoms with Gasteiger partial charge in [-0.05, 0) is 18.9 Å². The topological polar surface area (TPSA) is 76.2 Å². The van der Waals surface area contributed by atoms with Gasteiger partial charge in [-0.1, -0.05) is 180 Å². The van der Waals surface area contributed by atoms with E-state index in [0.717, 1.165) is 45.1 Å². The highest BCUT2D eigenvalue weighted by Crippen LogP contribution is 2.21. The van der Waals surface area contributed by atoms with Crippen LogP contribution in [-0.2, 0) is 24.1 Å². The number of amides is 1. The van der Waals surface area contributed by atoms with Crippen molar-refractivity contribution in [3.05, 3.63) is 146 Å². The van der Waals surface area contributed by atoms with Gasteiger partial charge in [0, 0.05) is 73.6 Å². The number of sulfone groups is 1. The van der Waals surface area contributed by atoms with Gasteiger partial charge in [-0.2, -0.15) is 0 Å². The largest absolute Gasteiger partial charge is 0.388 e. The molecule has 7 nitrogen and oxygen atoms in total. The van der Waals surface area contributed by atoms with Crippen LogP contribution in [0.1, 0.15) is 47.5 Å². The molecule has 0 radical (unpaired) electrons. The second-order valence-corrected chi connectivity index (χ2v) is 14.6. The molecule has 52 heavy (non-hydrogen) atoms. The lowest BCUT2D eigenvalue weighted by molar-refractivity contribution is -0.133. The Morgan fingerprint density at radius 3 is 0.846 bits per heavy atom. The van der Waals surface area contributed by atoms with Crippen LogP contribution >= 0.6 is 0 Å². The molecule has 1 aliphatic rings. The third kappa shape index (κ3) is 58.4. The van der Waals surface area contributed by atoms with E-state index in [1.54, 1.807) is 28.4 Å². The zero-order chi connectivity index (χ0) is 40.4. The number of carbonyl (C=O) groups is 1. The molecule has 4 aromatic carbocycles. The molecular weight excluding hydrogens is 669 g/mol. The molecule has 0 saturated carbocycles. The van der Waals surface area contributed by atoms with Gasteiger partial charge in [0.05, 0.1) is 0 Å². The van der Waals surface area contributed by atoms with Crippen LogP contribution in [0.3, 0.4) is 0 Å². The first-order valence-electron chi connectivity index (χ1n) is 17.6. The van der Waals surface area contributed by atoms with Crippen molar-refractivity contribution in [3.63, 3.8) is 0 Å². The van der Waals surface area contributed by atoms with E-state index in [1.165, 1.54) is 0 Å². The highest BCUT2D eigenvalue weighted by atomic mass is 32.2. The summed E-state index contributed by atoms with van der Waals surface area (Å²) < 4.78 is 27.8. The SMILES string of the molecule is CC.CN1CCN(C(=O)CCC(C)(C)C)CC1.COC.COC.CS(C)(=O)=O.c1ccccc1.c1ccccc1.c1ccccc1.c1ccccc1. The highest BCUT2D eigenvalue weighted by Gasteiger charge is 2.20. The van der Waals surface area contributed by atoms with Gasteiger partial charge in [0.25, 0.3) is 0 Å². The van der Waals surface area contributed by atoms with Gasteiger partial charge in [0.1, 0.15) is 9.84 Å². The van der Waals surface area contributed by atoms with Crippen LogP contribution in [0.4, 0.5) is 0 Å². The average molecular weight is 741 g/mol. The summed E-state index contributed by atoms with van der Waals surface area (Å²) in [6, 6.07) is 48.0. The third-order valence-corrected chi connectivity index (χ3v) is 5.61. The zero-order valence-electron chi connectivity index (χ0n) is 34.4. The van der Waals surface area contributed by atoms with E-state index in [2.05, 4.69) is 42.2 Å². The molecular formula is C44H72N2O5S. The van der Waals surface area contributed by atoms with Crippen LogP contribution in [-0.4, -0.2) is 98.3 Å². The Morgan fingerprint density at radius 2 is 0.692 bits per heavy atom. The summed E-state index contributed by atoms with van der Waals surface area (Å²) >= 11 is 0. The maximum absolute atomic E-state index is 11.9. The van der Waals surface area contributed by atoms with Crippen LogP contribution in [0.15, 0.2) is 146 Å². The molecule has 4 aromatic rings. The zero-order valence-corrected chi connectivity index (χ0v) is 35.3. The molecule has 0 aliphatic carbocycles. The van der Waals surface area contributed by atoms with Gasteiger partial charge in [-0.15, -0.1) is 0 Å². The molecule has 0 bridgehead atoms. The second-order valence-electron chi connectivity index (χ2n) is 12.3. The van der Waals surface area contributed by atoms with Crippen molar-refractivity contribution in [2.75, 3.05) is 74.2 Å². The molecule has 1 fully saturated rings. The first kappa shape index (κ1) is 54.9. The molecule has 0 spiro atoms. The normalized spacial score (nSPS) is 11.2. The minimum Gasteiger partial charge on any atom is -0.388 e. The summed E-state index contributed by atoms with van der Waals surface area (Å²) in [6.45, 7) is 14.4. The van der Waals surface area contributed by atoms with Gasteiger partial charge >= 0.3 is 0 Å². The molecule has 8 heteroatoms.